The van der Waals surface area contributed by atoms with E-state index in [1.165, 1.54) is 0 Å². The lowest BCUT2D eigenvalue weighted by Gasteiger charge is -2.05. The van der Waals surface area contributed by atoms with Crippen molar-refractivity contribution in [3.63, 3.8) is 0 Å². The standard InChI is InChI=1S/C8H4F3N3O2/c9-8(10,11)4-1-2-5(12-3-4)6-13-7(15)16-14-6/h1-3H,(H,13,14,15). The van der Waals surface area contributed by atoms with Gasteiger partial charge in [0.2, 0.25) is 5.82 Å². The number of rotatable bonds is 1. The van der Waals surface area contributed by atoms with Gasteiger partial charge in [-0.25, -0.2) is 4.79 Å². The van der Waals surface area contributed by atoms with Crippen LogP contribution < -0.4 is 5.76 Å². The number of nitrogens with one attached hydrogen (secondary N) is 1. The van der Waals surface area contributed by atoms with Gasteiger partial charge in [-0.1, -0.05) is 5.16 Å². The van der Waals surface area contributed by atoms with E-state index in [1.54, 1.807) is 0 Å². The van der Waals surface area contributed by atoms with Gasteiger partial charge in [0.1, 0.15) is 5.69 Å². The highest BCUT2D eigenvalue weighted by Gasteiger charge is 2.30. The molecule has 0 saturated carbocycles. The van der Waals surface area contributed by atoms with Crippen molar-refractivity contribution in [1.82, 2.24) is 15.1 Å². The quantitative estimate of drug-likeness (QED) is 0.806. The summed E-state index contributed by atoms with van der Waals surface area (Å²) in [4.78, 5) is 16.3. The normalized spacial score (nSPS) is 11.7. The summed E-state index contributed by atoms with van der Waals surface area (Å²) < 4.78 is 40.8. The van der Waals surface area contributed by atoms with Crippen LogP contribution in [0.25, 0.3) is 11.5 Å². The molecule has 84 valence electrons. The summed E-state index contributed by atoms with van der Waals surface area (Å²) in [6.07, 6.45) is -3.79. The molecule has 2 aromatic rings. The first-order valence-electron chi connectivity index (χ1n) is 4.06. The molecule has 0 spiro atoms. The van der Waals surface area contributed by atoms with Gasteiger partial charge in [-0.2, -0.15) is 13.2 Å². The number of hydrogen-bond donors (Lipinski definition) is 1. The second-order valence-electron chi connectivity index (χ2n) is 2.87. The molecule has 2 aromatic heterocycles. The van der Waals surface area contributed by atoms with Gasteiger partial charge in [0.15, 0.2) is 0 Å². The third kappa shape index (κ3) is 1.95. The Kier molecular flexibility index (Phi) is 2.26. The van der Waals surface area contributed by atoms with E-state index in [0.717, 1.165) is 12.1 Å². The maximum absolute atomic E-state index is 12.2. The van der Waals surface area contributed by atoms with Crippen LogP contribution in [0.5, 0.6) is 0 Å². The third-order valence-corrected chi connectivity index (χ3v) is 1.77. The molecule has 0 amide bonds. The predicted octanol–water partition coefficient (Wildman–Crippen LogP) is 1.44. The van der Waals surface area contributed by atoms with Crippen molar-refractivity contribution in [3.8, 4) is 11.5 Å². The zero-order chi connectivity index (χ0) is 11.8. The average Bonchev–Trinajstić information content (AvgIpc) is 2.64. The van der Waals surface area contributed by atoms with Crippen molar-refractivity contribution < 1.29 is 17.7 Å². The Morgan fingerprint density at radius 1 is 1.31 bits per heavy atom. The number of hydrogen-bond acceptors (Lipinski definition) is 4. The molecule has 0 atom stereocenters. The van der Waals surface area contributed by atoms with E-state index in [2.05, 4.69) is 19.6 Å². The lowest BCUT2D eigenvalue weighted by Crippen LogP contribution is -2.05. The lowest BCUT2D eigenvalue weighted by atomic mass is 10.2. The van der Waals surface area contributed by atoms with E-state index in [9.17, 15) is 18.0 Å². The fourth-order valence-corrected chi connectivity index (χ4v) is 1.04. The summed E-state index contributed by atoms with van der Waals surface area (Å²) in [7, 11) is 0. The van der Waals surface area contributed by atoms with Gasteiger partial charge in [-0.05, 0) is 12.1 Å². The molecule has 0 aliphatic rings. The van der Waals surface area contributed by atoms with Crippen LogP contribution in [-0.2, 0) is 6.18 Å². The fourth-order valence-electron chi connectivity index (χ4n) is 1.04. The van der Waals surface area contributed by atoms with E-state index in [4.69, 9.17) is 0 Å². The topological polar surface area (TPSA) is 71.8 Å². The number of nitrogens with zero attached hydrogens (tertiary/aromatic N) is 2. The zero-order valence-electron chi connectivity index (χ0n) is 7.58. The van der Waals surface area contributed by atoms with Gasteiger partial charge >= 0.3 is 11.9 Å². The van der Waals surface area contributed by atoms with Crippen LogP contribution in [0.15, 0.2) is 27.6 Å². The smallest absolute Gasteiger partial charge is 0.296 e. The van der Waals surface area contributed by atoms with Crippen LogP contribution in [-0.4, -0.2) is 15.1 Å². The van der Waals surface area contributed by atoms with Crippen molar-refractivity contribution in [1.29, 1.82) is 0 Å². The predicted molar refractivity (Wildman–Crippen MR) is 45.4 cm³/mol. The van der Waals surface area contributed by atoms with Gasteiger partial charge in [0, 0.05) is 6.20 Å². The Bertz CT molecular complexity index is 541. The minimum atomic E-state index is -4.44. The van der Waals surface area contributed by atoms with Gasteiger partial charge in [0.25, 0.3) is 0 Å². The summed E-state index contributed by atoms with van der Waals surface area (Å²) in [5.74, 6) is -0.810. The first-order valence-corrected chi connectivity index (χ1v) is 4.06. The molecule has 0 fully saturated rings. The molecule has 2 rings (SSSR count). The Labute approximate surface area is 85.9 Å². The molecule has 8 heteroatoms. The Morgan fingerprint density at radius 2 is 2.06 bits per heavy atom. The first-order chi connectivity index (χ1) is 7.47. The molecular formula is C8H4F3N3O2. The molecule has 0 saturated heterocycles. The molecule has 2 heterocycles. The SMILES string of the molecule is O=c1[nH]c(-c2ccc(C(F)(F)F)cn2)no1. The molecule has 0 bridgehead atoms. The average molecular weight is 231 g/mol. The second-order valence-corrected chi connectivity index (χ2v) is 2.87. The van der Waals surface area contributed by atoms with Crippen molar-refractivity contribution in [2.24, 2.45) is 0 Å². The van der Waals surface area contributed by atoms with Crippen LogP contribution in [0.1, 0.15) is 5.56 Å². The summed E-state index contributed by atoms with van der Waals surface area (Å²) in [5, 5.41) is 3.29. The van der Waals surface area contributed by atoms with Gasteiger partial charge in [-0.15, -0.1) is 0 Å². The molecule has 0 unspecified atom stereocenters. The zero-order valence-corrected chi connectivity index (χ0v) is 7.58. The number of aromatic amines is 1. The van der Waals surface area contributed by atoms with E-state index in [1.807, 2.05) is 0 Å². The lowest BCUT2D eigenvalue weighted by molar-refractivity contribution is -0.137. The number of halogens is 3. The molecule has 0 aromatic carbocycles. The summed E-state index contributed by atoms with van der Waals surface area (Å²) >= 11 is 0. The number of pyridine rings is 1. The van der Waals surface area contributed by atoms with Crippen molar-refractivity contribution in [3.05, 3.63) is 34.4 Å². The number of alkyl halides is 3. The van der Waals surface area contributed by atoms with Gasteiger partial charge in [0.05, 0.1) is 5.56 Å². The number of H-pyrrole nitrogens is 1. The summed E-state index contributed by atoms with van der Waals surface area (Å²) in [5.41, 5.74) is -0.777. The van der Waals surface area contributed by atoms with Crippen molar-refractivity contribution >= 4 is 0 Å². The highest BCUT2D eigenvalue weighted by atomic mass is 19.4. The van der Waals surface area contributed by atoms with E-state index in [-0.39, 0.29) is 11.5 Å². The van der Waals surface area contributed by atoms with Crippen LogP contribution in [0.2, 0.25) is 0 Å². The third-order valence-electron chi connectivity index (χ3n) is 1.77. The monoisotopic (exact) mass is 231 g/mol. The minimum absolute atomic E-state index is 0.0151. The highest BCUT2D eigenvalue weighted by molar-refractivity contribution is 5.47. The minimum Gasteiger partial charge on any atom is -0.296 e. The molecule has 5 nitrogen and oxygen atoms in total. The second kappa shape index (κ2) is 3.47. The van der Waals surface area contributed by atoms with E-state index < -0.39 is 17.5 Å². The molecule has 1 N–H and O–H groups in total. The van der Waals surface area contributed by atoms with Crippen LogP contribution in [0.4, 0.5) is 13.2 Å². The molecule has 0 radical (unpaired) electrons. The number of aromatic nitrogens is 3. The highest BCUT2D eigenvalue weighted by Crippen LogP contribution is 2.29. The summed E-state index contributed by atoms with van der Waals surface area (Å²) in [6.45, 7) is 0. The fraction of sp³-hybridized carbons (Fsp3) is 0.125. The van der Waals surface area contributed by atoms with Gasteiger partial charge in [-0.3, -0.25) is 14.5 Å². The Balaban J connectivity index is 2.36. The summed E-state index contributed by atoms with van der Waals surface area (Å²) in [6, 6.07) is 1.94. The molecular weight excluding hydrogens is 227 g/mol. The molecule has 16 heavy (non-hydrogen) atoms. The molecule has 0 aliphatic carbocycles. The Morgan fingerprint density at radius 3 is 2.50 bits per heavy atom. The van der Waals surface area contributed by atoms with Crippen molar-refractivity contribution in [2.75, 3.05) is 0 Å². The van der Waals surface area contributed by atoms with Gasteiger partial charge < -0.3 is 0 Å². The van der Waals surface area contributed by atoms with Crippen LogP contribution >= 0.6 is 0 Å². The van der Waals surface area contributed by atoms with Crippen LogP contribution in [0, 0.1) is 0 Å². The first kappa shape index (κ1) is 10.4. The van der Waals surface area contributed by atoms with Crippen LogP contribution in [0.3, 0.4) is 0 Å². The molecule has 0 aliphatic heterocycles. The van der Waals surface area contributed by atoms with E-state index in [0.29, 0.717) is 6.20 Å². The van der Waals surface area contributed by atoms with E-state index >= 15 is 0 Å². The Hall–Kier alpha value is -2.12. The maximum Gasteiger partial charge on any atom is 0.439 e. The largest absolute Gasteiger partial charge is 0.439 e. The van der Waals surface area contributed by atoms with Crippen molar-refractivity contribution in [2.45, 2.75) is 6.18 Å². The maximum atomic E-state index is 12.2.